The SMILES string of the molecule is CCCCC(CC1CCCO1)C(=O)OO. The second-order valence-electron chi connectivity index (χ2n) is 4.12. The first-order chi connectivity index (χ1) is 7.27. The first-order valence-corrected chi connectivity index (χ1v) is 5.74. The Morgan fingerprint density at radius 2 is 2.47 bits per heavy atom. The molecule has 0 radical (unpaired) electrons. The van der Waals surface area contributed by atoms with Crippen LogP contribution in [0.15, 0.2) is 0 Å². The number of hydrogen-bond acceptors (Lipinski definition) is 4. The molecular weight excluding hydrogens is 196 g/mol. The Balaban J connectivity index is 2.36. The van der Waals surface area contributed by atoms with Crippen molar-refractivity contribution in [3.8, 4) is 0 Å². The molecule has 1 N–H and O–H groups in total. The Kier molecular flexibility index (Phi) is 5.65. The maximum Gasteiger partial charge on any atom is 0.345 e. The second kappa shape index (κ2) is 6.80. The number of hydrogen-bond donors (Lipinski definition) is 1. The molecule has 1 rings (SSSR count). The van der Waals surface area contributed by atoms with Gasteiger partial charge in [-0.15, -0.1) is 0 Å². The number of carbonyl (C=O) groups excluding carboxylic acids is 1. The zero-order valence-electron chi connectivity index (χ0n) is 9.28. The van der Waals surface area contributed by atoms with Crippen LogP contribution in [-0.2, 0) is 14.4 Å². The molecular formula is C11H20O4. The lowest BCUT2D eigenvalue weighted by atomic mass is 9.94. The monoisotopic (exact) mass is 216 g/mol. The Morgan fingerprint density at radius 1 is 1.67 bits per heavy atom. The van der Waals surface area contributed by atoms with Crippen LogP contribution in [0.3, 0.4) is 0 Å². The highest BCUT2D eigenvalue weighted by Crippen LogP contribution is 2.24. The van der Waals surface area contributed by atoms with E-state index >= 15 is 0 Å². The molecule has 1 saturated heterocycles. The van der Waals surface area contributed by atoms with Gasteiger partial charge in [0, 0.05) is 6.61 Å². The van der Waals surface area contributed by atoms with E-state index in [1.807, 2.05) is 0 Å². The lowest BCUT2D eigenvalue weighted by Crippen LogP contribution is -2.22. The molecule has 2 unspecified atom stereocenters. The molecule has 1 aliphatic heterocycles. The van der Waals surface area contributed by atoms with Crippen molar-refractivity contribution in [1.29, 1.82) is 0 Å². The van der Waals surface area contributed by atoms with Crippen LogP contribution in [-0.4, -0.2) is 23.9 Å². The first kappa shape index (κ1) is 12.5. The van der Waals surface area contributed by atoms with Gasteiger partial charge in [0.1, 0.15) is 0 Å². The molecule has 88 valence electrons. The van der Waals surface area contributed by atoms with Crippen molar-refractivity contribution in [3.63, 3.8) is 0 Å². The molecule has 0 spiro atoms. The standard InChI is InChI=1S/C11H20O4/c1-2-3-5-9(11(12)15-13)8-10-6-4-7-14-10/h9-10,13H,2-8H2,1H3. The Hall–Kier alpha value is -0.610. The minimum atomic E-state index is -0.515. The van der Waals surface area contributed by atoms with Crippen LogP contribution in [0.25, 0.3) is 0 Å². The normalized spacial score (nSPS) is 22.7. The quantitative estimate of drug-likeness (QED) is 0.547. The molecule has 0 amide bonds. The molecule has 0 saturated carbocycles. The van der Waals surface area contributed by atoms with Gasteiger partial charge in [-0.1, -0.05) is 19.8 Å². The molecule has 4 nitrogen and oxygen atoms in total. The summed E-state index contributed by atoms with van der Waals surface area (Å²) in [6.45, 7) is 2.87. The third-order valence-electron chi connectivity index (χ3n) is 2.90. The van der Waals surface area contributed by atoms with Gasteiger partial charge in [-0.25, -0.2) is 4.79 Å². The van der Waals surface area contributed by atoms with Gasteiger partial charge < -0.3 is 9.62 Å². The molecule has 0 aromatic heterocycles. The Morgan fingerprint density at radius 3 is 3.00 bits per heavy atom. The van der Waals surface area contributed by atoms with E-state index in [0.717, 1.165) is 38.7 Å². The van der Waals surface area contributed by atoms with Crippen LogP contribution in [0, 0.1) is 5.92 Å². The van der Waals surface area contributed by atoms with Gasteiger partial charge in [0.2, 0.25) is 0 Å². The van der Waals surface area contributed by atoms with Gasteiger partial charge in [0.05, 0.1) is 12.0 Å². The average molecular weight is 216 g/mol. The summed E-state index contributed by atoms with van der Waals surface area (Å²) in [7, 11) is 0. The predicted molar refractivity (Wildman–Crippen MR) is 55.3 cm³/mol. The van der Waals surface area contributed by atoms with Crippen molar-refractivity contribution in [2.45, 2.75) is 51.6 Å². The molecule has 1 fully saturated rings. The maximum absolute atomic E-state index is 11.3. The highest BCUT2D eigenvalue weighted by atomic mass is 17.1. The average Bonchev–Trinajstić information content (AvgIpc) is 2.75. The van der Waals surface area contributed by atoms with Gasteiger partial charge in [0.25, 0.3) is 0 Å². The van der Waals surface area contributed by atoms with Gasteiger partial charge in [-0.2, -0.15) is 5.26 Å². The smallest absolute Gasteiger partial charge is 0.345 e. The van der Waals surface area contributed by atoms with E-state index in [1.54, 1.807) is 0 Å². The van der Waals surface area contributed by atoms with Gasteiger partial charge in [0.15, 0.2) is 0 Å². The third-order valence-corrected chi connectivity index (χ3v) is 2.90. The van der Waals surface area contributed by atoms with E-state index in [-0.39, 0.29) is 12.0 Å². The summed E-state index contributed by atoms with van der Waals surface area (Å²) in [5.41, 5.74) is 0. The summed E-state index contributed by atoms with van der Waals surface area (Å²) in [5.74, 6) is -0.725. The fourth-order valence-electron chi connectivity index (χ4n) is 2.00. The van der Waals surface area contributed by atoms with E-state index in [0.29, 0.717) is 6.42 Å². The molecule has 15 heavy (non-hydrogen) atoms. The summed E-state index contributed by atoms with van der Waals surface area (Å²) in [6, 6.07) is 0. The van der Waals surface area contributed by atoms with Crippen LogP contribution >= 0.6 is 0 Å². The van der Waals surface area contributed by atoms with Crippen molar-refractivity contribution in [3.05, 3.63) is 0 Å². The van der Waals surface area contributed by atoms with E-state index in [2.05, 4.69) is 11.8 Å². The molecule has 2 atom stereocenters. The second-order valence-corrected chi connectivity index (χ2v) is 4.12. The summed E-state index contributed by atoms with van der Waals surface area (Å²) >= 11 is 0. The molecule has 0 aromatic carbocycles. The van der Waals surface area contributed by atoms with Crippen molar-refractivity contribution in [2.75, 3.05) is 6.61 Å². The van der Waals surface area contributed by atoms with Gasteiger partial charge in [-0.05, 0) is 25.7 Å². The number of unbranched alkanes of at least 4 members (excludes halogenated alkanes) is 1. The van der Waals surface area contributed by atoms with E-state index in [4.69, 9.17) is 9.99 Å². The van der Waals surface area contributed by atoms with Crippen LogP contribution in [0.2, 0.25) is 0 Å². The van der Waals surface area contributed by atoms with E-state index in [9.17, 15) is 4.79 Å². The van der Waals surface area contributed by atoms with Crippen LogP contribution in [0.4, 0.5) is 0 Å². The van der Waals surface area contributed by atoms with Crippen molar-refractivity contribution in [1.82, 2.24) is 0 Å². The predicted octanol–water partition coefficient (Wildman–Crippen LogP) is 2.38. The fourth-order valence-corrected chi connectivity index (χ4v) is 2.00. The topological polar surface area (TPSA) is 55.8 Å². The van der Waals surface area contributed by atoms with Crippen LogP contribution in [0.1, 0.15) is 45.4 Å². The lowest BCUT2D eigenvalue weighted by molar-refractivity contribution is -0.240. The summed E-state index contributed by atoms with van der Waals surface area (Å²) < 4.78 is 5.47. The minimum Gasteiger partial charge on any atom is -0.378 e. The van der Waals surface area contributed by atoms with Crippen LogP contribution in [0.5, 0.6) is 0 Å². The minimum absolute atomic E-state index is 0.172. The number of rotatable bonds is 6. The van der Waals surface area contributed by atoms with E-state index in [1.165, 1.54) is 0 Å². The van der Waals surface area contributed by atoms with Crippen molar-refractivity contribution >= 4 is 5.97 Å². The van der Waals surface area contributed by atoms with Crippen molar-refractivity contribution < 1.29 is 19.7 Å². The molecule has 4 heteroatoms. The number of ether oxygens (including phenoxy) is 1. The summed E-state index contributed by atoms with van der Waals surface area (Å²) in [5, 5.41) is 8.39. The van der Waals surface area contributed by atoms with Crippen LogP contribution < -0.4 is 0 Å². The van der Waals surface area contributed by atoms with E-state index < -0.39 is 5.97 Å². The number of carbonyl (C=O) groups is 1. The maximum atomic E-state index is 11.3. The zero-order chi connectivity index (χ0) is 11.1. The van der Waals surface area contributed by atoms with Gasteiger partial charge in [-0.3, -0.25) is 0 Å². The highest BCUT2D eigenvalue weighted by Gasteiger charge is 2.26. The molecule has 0 aliphatic carbocycles. The highest BCUT2D eigenvalue weighted by molar-refractivity contribution is 5.71. The largest absolute Gasteiger partial charge is 0.378 e. The Labute approximate surface area is 90.5 Å². The first-order valence-electron chi connectivity index (χ1n) is 5.74. The van der Waals surface area contributed by atoms with Crippen molar-refractivity contribution in [2.24, 2.45) is 5.92 Å². The molecule has 0 bridgehead atoms. The van der Waals surface area contributed by atoms with Gasteiger partial charge >= 0.3 is 5.97 Å². The molecule has 0 aromatic rings. The Bertz CT molecular complexity index is 187. The summed E-state index contributed by atoms with van der Waals surface area (Å²) in [4.78, 5) is 15.1. The third kappa shape index (κ3) is 4.18. The summed E-state index contributed by atoms with van der Waals surface area (Å²) in [6.07, 6.45) is 5.73. The lowest BCUT2D eigenvalue weighted by Gasteiger charge is -2.16. The molecule has 1 heterocycles. The molecule has 1 aliphatic rings. The fraction of sp³-hybridized carbons (Fsp3) is 0.909. The zero-order valence-corrected chi connectivity index (χ0v) is 9.28.